The molecule has 0 aromatic heterocycles. The van der Waals surface area contributed by atoms with Crippen molar-refractivity contribution in [3.63, 3.8) is 0 Å². The summed E-state index contributed by atoms with van der Waals surface area (Å²) < 4.78 is 0. The first-order chi connectivity index (χ1) is 6.27. The Morgan fingerprint density at radius 1 is 1.23 bits per heavy atom. The molecule has 0 amide bonds. The van der Waals surface area contributed by atoms with E-state index in [4.69, 9.17) is 5.41 Å². The topological polar surface area (TPSA) is 39.5 Å². The van der Waals surface area contributed by atoms with E-state index in [0.717, 1.165) is 11.4 Å². The van der Waals surface area contributed by atoms with Crippen molar-refractivity contribution >= 4 is 17.2 Å². The molecule has 0 atom stereocenters. The van der Waals surface area contributed by atoms with Crippen LogP contribution < -0.4 is 5.01 Å². The number of nitrogens with zero attached hydrogens (tertiary/aromatic N) is 2. The molecule has 0 saturated carbocycles. The zero-order chi connectivity index (χ0) is 9.26. The monoisotopic (exact) mass is 172 g/mol. The van der Waals surface area contributed by atoms with Gasteiger partial charge in [-0.05, 0) is 19.1 Å². The molecule has 1 radical (unpaired) electrons. The Hall–Kier alpha value is -1.64. The number of hydrazone groups is 1. The fourth-order valence-electron chi connectivity index (χ4n) is 1.27. The van der Waals surface area contributed by atoms with Gasteiger partial charge in [0.05, 0.1) is 12.1 Å². The first kappa shape index (κ1) is 7.98. The summed E-state index contributed by atoms with van der Waals surface area (Å²) in [4.78, 5) is 0. The number of benzene rings is 1. The fourth-order valence-corrected chi connectivity index (χ4v) is 1.27. The molecule has 1 heterocycles. The Morgan fingerprint density at radius 2 is 1.92 bits per heavy atom. The van der Waals surface area contributed by atoms with Gasteiger partial charge in [-0.3, -0.25) is 5.41 Å². The molecule has 3 nitrogen and oxygen atoms in total. The number of hydrogen-bond acceptors (Lipinski definition) is 2. The van der Waals surface area contributed by atoms with Crippen LogP contribution in [0.15, 0.2) is 35.4 Å². The quantitative estimate of drug-likeness (QED) is 0.692. The second-order valence-corrected chi connectivity index (χ2v) is 2.92. The molecular formula is C10H10N3. The highest BCUT2D eigenvalue weighted by Gasteiger charge is 2.18. The molecule has 1 aliphatic heterocycles. The van der Waals surface area contributed by atoms with Gasteiger partial charge >= 0.3 is 0 Å². The van der Waals surface area contributed by atoms with E-state index in [1.54, 1.807) is 11.4 Å². The molecule has 3 heteroatoms. The summed E-state index contributed by atoms with van der Waals surface area (Å²) >= 11 is 0. The van der Waals surface area contributed by atoms with E-state index in [2.05, 4.69) is 5.10 Å². The smallest absolute Gasteiger partial charge is 0.132 e. The van der Waals surface area contributed by atoms with E-state index < -0.39 is 0 Å². The van der Waals surface area contributed by atoms with Crippen molar-refractivity contribution in [1.82, 2.24) is 0 Å². The maximum Gasteiger partial charge on any atom is 0.132 e. The molecule has 1 N–H and O–H groups in total. The summed E-state index contributed by atoms with van der Waals surface area (Å²) in [5.41, 5.74) is 1.80. The summed E-state index contributed by atoms with van der Waals surface area (Å²) in [6.07, 6.45) is 1.74. The number of rotatable bonds is 1. The third-order valence-corrected chi connectivity index (χ3v) is 1.83. The van der Waals surface area contributed by atoms with E-state index >= 15 is 0 Å². The minimum absolute atomic E-state index is 0.420. The van der Waals surface area contributed by atoms with E-state index in [0.29, 0.717) is 5.84 Å². The highest BCUT2D eigenvalue weighted by atomic mass is 15.5. The van der Waals surface area contributed by atoms with Crippen LogP contribution in [0.4, 0.5) is 5.69 Å². The Labute approximate surface area is 77.2 Å². The van der Waals surface area contributed by atoms with Gasteiger partial charge in [-0.1, -0.05) is 18.2 Å². The predicted octanol–water partition coefficient (Wildman–Crippen LogP) is 2.06. The molecule has 2 rings (SSSR count). The third kappa shape index (κ3) is 1.45. The normalized spacial score (nSPS) is 16.2. The van der Waals surface area contributed by atoms with Crippen molar-refractivity contribution in [3.8, 4) is 0 Å². The summed E-state index contributed by atoms with van der Waals surface area (Å²) in [5.74, 6) is 0.420. The standard InChI is InChI=1S/C10H10N3/c1-8-7-10(11)13(12-8)9-5-3-2-4-6-9/h2-7,11H,1H3. The molecule has 13 heavy (non-hydrogen) atoms. The predicted molar refractivity (Wildman–Crippen MR) is 54.1 cm³/mol. The Kier molecular flexibility index (Phi) is 1.85. The van der Waals surface area contributed by atoms with E-state index in [-0.39, 0.29) is 0 Å². The number of anilines is 1. The van der Waals surface area contributed by atoms with Crippen molar-refractivity contribution in [2.45, 2.75) is 6.92 Å². The lowest BCUT2D eigenvalue weighted by Gasteiger charge is -2.12. The molecule has 0 bridgehead atoms. The SMILES string of the molecule is CC1=NN(c2ccccc2)C(=N)[CH]1. The van der Waals surface area contributed by atoms with Crippen LogP contribution in [-0.2, 0) is 0 Å². The van der Waals surface area contributed by atoms with E-state index in [9.17, 15) is 0 Å². The maximum absolute atomic E-state index is 7.63. The van der Waals surface area contributed by atoms with Crippen molar-refractivity contribution in [2.24, 2.45) is 5.10 Å². The number of para-hydroxylation sites is 1. The van der Waals surface area contributed by atoms with Crippen LogP contribution in [0.5, 0.6) is 0 Å². The Morgan fingerprint density at radius 3 is 2.46 bits per heavy atom. The molecule has 0 spiro atoms. The Balaban J connectivity index is 2.33. The van der Waals surface area contributed by atoms with Gasteiger partial charge in [-0.15, -0.1) is 0 Å². The largest absolute Gasteiger partial charge is 0.286 e. The average Bonchev–Trinajstić information content (AvgIpc) is 2.47. The summed E-state index contributed by atoms with van der Waals surface area (Å²) in [6.45, 7) is 1.89. The zero-order valence-electron chi connectivity index (χ0n) is 7.36. The number of amidine groups is 1. The van der Waals surface area contributed by atoms with Gasteiger partial charge in [-0.25, -0.2) is 5.01 Å². The van der Waals surface area contributed by atoms with Crippen LogP contribution in [0.1, 0.15) is 6.92 Å². The van der Waals surface area contributed by atoms with Crippen LogP contribution >= 0.6 is 0 Å². The number of hydrogen-bond donors (Lipinski definition) is 1. The highest BCUT2D eigenvalue weighted by molar-refractivity contribution is 6.22. The first-order valence-corrected chi connectivity index (χ1v) is 4.11. The van der Waals surface area contributed by atoms with E-state index in [1.807, 2.05) is 37.3 Å². The van der Waals surface area contributed by atoms with Gasteiger partial charge in [0.15, 0.2) is 0 Å². The molecule has 1 aliphatic rings. The van der Waals surface area contributed by atoms with Crippen molar-refractivity contribution in [3.05, 3.63) is 36.8 Å². The van der Waals surface area contributed by atoms with E-state index in [1.165, 1.54) is 0 Å². The molecule has 0 aliphatic carbocycles. The van der Waals surface area contributed by atoms with Crippen LogP contribution in [0.25, 0.3) is 0 Å². The van der Waals surface area contributed by atoms with Crippen LogP contribution in [0.3, 0.4) is 0 Å². The first-order valence-electron chi connectivity index (χ1n) is 4.11. The Bertz CT molecular complexity index is 354. The van der Waals surface area contributed by atoms with Crippen molar-refractivity contribution < 1.29 is 0 Å². The fraction of sp³-hybridized carbons (Fsp3) is 0.100. The second kappa shape index (κ2) is 3.01. The van der Waals surface area contributed by atoms with Crippen LogP contribution in [-0.4, -0.2) is 11.5 Å². The van der Waals surface area contributed by atoms with Crippen LogP contribution in [0, 0.1) is 11.8 Å². The third-order valence-electron chi connectivity index (χ3n) is 1.83. The van der Waals surface area contributed by atoms with Gasteiger partial charge in [0.1, 0.15) is 5.84 Å². The lowest BCUT2D eigenvalue weighted by molar-refractivity contribution is 1.14. The molecule has 65 valence electrons. The molecule has 1 aromatic carbocycles. The zero-order valence-corrected chi connectivity index (χ0v) is 7.36. The minimum Gasteiger partial charge on any atom is -0.286 e. The van der Waals surface area contributed by atoms with Gasteiger partial charge < -0.3 is 0 Å². The maximum atomic E-state index is 7.63. The van der Waals surface area contributed by atoms with Gasteiger partial charge in [0.25, 0.3) is 0 Å². The molecule has 0 saturated heterocycles. The molecule has 1 aromatic rings. The lowest BCUT2D eigenvalue weighted by atomic mass is 10.3. The molecule has 0 unspecified atom stereocenters. The average molecular weight is 172 g/mol. The highest BCUT2D eigenvalue weighted by Crippen LogP contribution is 2.18. The van der Waals surface area contributed by atoms with Gasteiger partial charge in [0.2, 0.25) is 0 Å². The van der Waals surface area contributed by atoms with Gasteiger partial charge in [-0.2, -0.15) is 5.10 Å². The van der Waals surface area contributed by atoms with Crippen molar-refractivity contribution in [2.75, 3.05) is 5.01 Å². The summed E-state index contributed by atoms with van der Waals surface area (Å²) in [7, 11) is 0. The van der Waals surface area contributed by atoms with Crippen molar-refractivity contribution in [1.29, 1.82) is 5.41 Å². The molecule has 0 fully saturated rings. The summed E-state index contributed by atoms with van der Waals surface area (Å²) in [6, 6.07) is 9.69. The minimum atomic E-state index is 0.420. The second-order valence-electron chi connectivity index (χ2n) is 2.92. The summed E-state index contributed by atoms with van der Waals surface area (Å²) in [5, 5.41) is 13.5. The number of nitrogens with one attached hydrogen (secondary N) is 1. The van der Waals surface area contributed by atoms with Gasteiger partial charge in [0, 0.05) is 5.71 Å². The van der Waals surface area contributed by atoms with Crippen LogP contribution in [0.2, 0.25) is 0 Å². The molecular weight excluding hydrogens is 162 g/mol. The lowest BCUT2D eigenvalue weighted by Crippen LogP contribution is -2.18.